The average Bonchev–Trinajstić information content (AvgIpc) is 3.25. The van der Waals surface area contributed by atoms with E-state index < -0.39 is 23.8 Å². The van der Waals surface area contributed by atoms with Crippen LogP contribution < -0.4 is 5.32 Å². The van der Waals surface area contributed by atoms with Gasteiger partial charge in [0.15, 0.2) is 0 Å². The number of nitrogens with one attached hydrogen (secondary N) is 1. The van der Waals surface area contributed by atoms with Crippen LogP contribution >= 0.6 is 11.3 Å². The van der Waals surface area contributed by atoms with Crippen molar-refractivity contribution < 1.29 is 24.2 Å². The number of esters is 1. The highest BCUT2D eigenvalue weighted by molar-refractivity contribution is 7.16. The molecule has 6 nitrogen and oxygen atoms in total. The van der Waals surface area contributed by atoms with Crippen molar-refractivity contribution in [1.82, 2.24) is 0 Å². The molecule has 0 saturated heterocycles. The van der Waals surface area contributed by atoms with E-state index in [4.69, 9.17) is 4.74 Å². The number of amides is 1. The van der Waals surface area contributed by atoms with Crippen molar-refractivity contribution in [2.75, 3.05) is 5.32 Å². The van der Waals surface area contributed by atoms with Crippen LogP contribution in [-0.4, -0.2) is 29.1 Å². The standard InChI is InChI=1S/C20H25NO5S/c1-5-13-10(4)27-18(16(13)20(25)26-9(2)3)21-17(22)14-11-6-7-12(8-11)15(14)19(23)24/h6-7,9,11-12,14-15H,5,8H2,1-4H3,(H,21,22)(H,23,24)/t11-,12-,14-,15+/m0/s1. The third-order valence-corrected chi connectivity index (χ3v) is 6.46. The van der Waals surface area contributed by atoms with Gasteiger partial charge in [0.2, 0.25) is 5.91 Å². The molecule has 2 bridgehead atoms. The Labute approximate surface area is 162 Å². The molecule has 7 heteroatoms. The quantitative estimate of drug-likeness (QED) is 0.570. The predicted octanol–water partition coefficient (Wildman–Crippen LogP) is 3.65. The summed E-state index contributed by atoms with van der Waals surface area (Å²) in [6, 6.07) is 0. The van der Waals surface area contributed by atoms with Crippen LogP contribution in [0.15, 0.2) is 12.2 Å². The van der Waals surface area contributed by atoms with E-state index in [-0.39, 0.29) is 23.8 Å². The topological polar surface area (TPSA) is 92.7 Å². The minimum atomic E-state index is -0.942. The largest absolute Gasteiger partial charge is 0.481 e. The van der Waals surface area contributed by atoms with Gasteiger partial charge in [-0.15, -0.1) is 11.3 Å². The van der Waals surface area contributed by atoms with E-state index in [1.807, 2.05) is 26.0 Å². The molecule has 2 N–H and O–H groups in total. The predicted molar refractivity (Wildman–Crippen MR) is 103 cm³/mol. The van der Waals surface area contributed by atoms with E-state index in [1.54, 1.807) is 13.8 Å². The lowest BCUT2D eigenvalue weighted by Crippen LogP contribution is -2.36. The molecule has 0 aromatic carbocycles. The second kappa shape index (κ2) is 7.46. The number of allylic oxidation sites excluding steroid dienone is 2. The summed E-state index contributed by atoms with van der Waals surface area (Å²) in [4.78, 5) is 38.2. The summed E-state index contributed by atoms with van der Waals surface area (Å²) in [7, 11) is 0. The van der Waals surface area contributed by atoms with Crippen molar-refractivity contribution in [3.05, 3.63) is 28.2 Å². The lowest BCUT2D eigenvalue weighted by Gasteiger charge is -2.23. The summed E-state index contributed by atoms with van der Waals surface area (Å²) in [6.45, 7) is 7.42. The van der Waals surface area contributed by atoms with Crippen molar-refractivity contribution in [1.29, 1.82) is 0 Å². The molecule has 146 valence electrons. The molecule has 0 radical (unpaired) electrons. The Morgan fingerprint density at radius 1 is 1.26 bits per heavy atom. The molecule has 1 amide bonds. The maximum absolute atomic E-state index is 13.0. The number of carboxylic acid groups (broad SMARTS) is 1. The highest BCUT2D eigenvalue weighted by atomic mass is 32.1. The summed E-state index contributed by atoms with van der Waals surface area (Å²) in [5.74, 6) is -3.20. The van der Waals surface area contributed by atoms with Gasteiger partial charge in [-0.3, -0.25) is 9.59 Å². The fourth-order valence-corrected chi connectivity index (χ4v) is 5.43. The number of aryl methyl sites for hydroxylation is 1. The molecule has 4 atom stereocenters. The van der Waals surface area contributed by atoms with E-state index in [0.717, 1.165) is 10.4 Å². The van der Waals surface area contributed by atoms with Crippen molar-refractivity contribution in [2.45, 2.75) is 46.6 Å². The molecule has 2 aliphatic carbocycles. The number of hydrogen-bond acceptors (Lipinski definition) is 5. The number of carbonyl (C=O) groups is 3. The first-order chi connectivity index (χ1) is 12.7. The van der Waals surface area contributed by atoms with Crippen LogP contribution in [0.25, 0.3) is 0 Å². The van der Waals surface area contributed by atoms with Crippen molar-refractivity contribution in [3.63, 3.8) is 0 Å². The van der Waals surface area contributed by atoms with Crippen LogP contribution in [0, 0.1) is 30.6 Å². The average molecular weight is 391 g/mol. The van der Waals surface area contributed by atoms with Gasteiger partial charge in [0.1, 0.15) is 5.00 Å². The molecule has 1 saturated carbocycles. The zero-order valence-corrected chi connectivity index (χ0v) is 16.8. The minimum absolute atomic E-state index is 0.0612. The number of aliphatic carboxylic acids is 1. The first-order valence-corrected chi connectivity index (χ1v) is 10.1. The van der Waals surface area contributed by atoms with Gasteiger partial charge in [-0.1, -0.05) is 19.1 Å². The maximum atomic E-state index is 13.0. The molecular formula is C20H25NO5S. The van der Waals surface area contributed by atoms with Gasteiger partial charge in [-0.05, 0) is 51.0 Å². The molecule has 0 unspecified atom stereocenters. The lowest BCUT2D eigenvalue weighted by atomic mass is 9.82. The zero-order chi connectivity index (χ0) is 19.9. The SMILES string of the molecule is CCc1c(C)sc(NC(=O)[C@@H]2[C@H](C(=O)O)[C@H]3C=C[C@H]2C3)c1C(=O)OC(C)C. The normalized spacial score (nSPS) is 25.8. The van der Waals surface area contributed by atoms with Gasteiger partial charge in [-0.25, -0.2) is 4.79 Å². The molecule has 2 aliphatic rings. The van der Waals surface area contributed by atoms with Crippen LogP contribution in [0.4, 0.5) is 5.00 Å². The minimum Gasteiger partial charge on any atom is -0.481 e. The number of fused-ring (bicyclic) bond motifs is 2. The first kappa shape index (κ1) is 19.6. The van der Waals surface area contributed by atoms with Crippen LogP contribution in [0.1, 0.15) is 48.0 Å². The van der Waals surface area contributed by atoms with Crippen molar-refractivity contribution in [3.8, 4) is 0 Å². The Balaban J connectivity index is 1.89. The van der Waals surface area contributed by atoms with Crippen molar-refractivity contribution >= 4 is 34.2 Å². The second-order valence-electron chi connectivity index (χ2n) is 7.48. The van der Waals surface area contributed by atoms with Gasteiger partial charge in [0, 0.05) is 4.88 Å². The van der Waals surface area contributed by atoms with E-state index in [9.17, 15) is 19.5 Å². The summed E-state index contributed by atoms with van der Waals surface area (Å²) in [5.41, 5.74) is 1.26. The smallest absolute Gasteiger partial charge is 0.341 e. The molecule has 1 aromatic rings. The Morgan fingerprint density at radius 3 is 2.44 bits per heavy atom. The number of thiophene rings is 1. The summed E-state index contributed by atoms with van der Waals surface area (Å²) in [5, 5.41) is 12.9. The van der Waals surface area contributed by atoms with Gasteiger partial charge < -0.3 is 15.2 Å². The fourth-order valence-electron chi connectivity index (χ4n) is 4.29. The molecule has 1 aromatic heterocycles. The van der Waals surface area contributed by atoms with Gasteiger partial charge in [-0.2, -0.15) is 0 Å². The van der Waals surface area contributed by atoms with E-state index >= 15 is 0 Å². The number of ether oxygens (including phenoxy) is 1. The van der Waals surface area contributed by atoms with Crippen LogP contribution in [-0.2, 0) is 20.7 Å². The van der Waals surface area contributed by atoms with Crippen LogP contribution in [0.2, 0.25) is 0 Å². The van der Waals surface area contributed by atoms with E-state index in [0.29, 0.717) is 23.4 Å². The number of carbonyl (C=O) groups excluding carboxylic acids is 2. The lowest BCUT2D eigenvalue weighted by molar-refractivity contribution is -0.146. The number of anilines is 1. The zero-order valence-electron chi connectivity index (χ0n) is 15.9. The fraction of sp³-hybridized carbons (Fsp3) is 0.550. The van der Waals surface area contributed by atoms with Gasteiger partial charge >= 0.3 is 11.9 Å². The number of hydrogen-bond donors (Lipinski definition) is 2. The highest BCUT2D eigenvalue weighted by Crippen LogP contribution is 2.49. The first-order valence-electron chi connectivity index (χ1n) is 9.29. The second-order valence-corrected chi connectivity index (χ2v) is 8.70. The van der Waals surface area contributed by atoms with Gasteiger partial charge in [0.25, 0.3) is 0 Å². The van der Waals surface area contributed by atoms with Crippen LogP contribution in [0.5, 0.6) is 0 Å². The van der Waals surface area contributed by atoms with Gasteiger partial charge in [0.05, 0.1) is 23.5 Å². The summed E-state index contributed by atoms with van der Waals surface area (Å²) < 4.78 is 5.36. The van der Waals surface area contributed by atoms with Crippen LogP contribution in [0.3, 0.4) is 0 Å². The Morgan fingerprint density at radius 2 is 1.89 bits per heavy atom. The van der Waals surface area contributed by atoms with Crippen molar-refractivity contribution in [2.24, 2.45) is 23.7 Å². The van der Waals surface area contributed by atoms with E-state index in [1.165, 1.54) is 11.3 Å². The Hall–Kier alpha value is -2.15. The molecule has 1 heterocycles. The molecular weight excluding hydrogens is 366 g/mol. The third kappa shape index (κ3) is 3.52. The maximum Gasteiger partial charge on any atom is 0.341 e. The molecule has 27 heavy (non-hydrogen) atoms. The Kier molecular flexibility index (Phi) is 5.42. The number of carboxylic acids is 1. The number of rotatable bonds is 6. The summed E-state index contributed by atoms with van der Waals surface area (Å²) in [6.07, 6.45) is 4.93. The third-order valence-electron chi connectivity index (χ3n) is 5.39. The summed E-state index contributed by atoms with van der Waals surface area (Å²) >= 11 is 1.34. The van der Waals surface area contributed by atoms with E-state index in [2.05, 4.69) is 5.32 Å². The molecule has 0 aliphatic heterocycles. The molecule has 1 fully saturated rings. The Bertz CT molecular complexity index is 810. The monoisotopic (exact) mass is 391 g/mol. The highest BCUT2D eigenvalue weighted by Gasteiger charge is 2.51. The molecule has 3 rings (SSSR count). The molecule has 0 spiro atoms.